The minimum absolute atomic E-state index is 0.0998. The number of fused-ring (bicyclic) bond motifs is 3. The molecule has 0 radical (unpaired) electrons. The third-order valence-electron chi connectivity index (χ3n) is 6.66. The second kappa shape index (κ2) is 8.46. The van der Waals surface area contributed by atoms with Gasteiger partial charge in [-0.3, -0.25) is 9.20 Å². The second-order valence-corrected chi connectivity index (χ2v) is 8.73. The van der Waals surface area contributed by atoms with Crippen LogP contribution in [0.15, 0.2) is 67.0 Å². The van der Waals surface area contributed by atoms with Gasteiger partial charge >= 0.3 is 0 Å². The van der Waals surface area contributed by atoms with Crippen molar-refractivity contribution in [2.75, 3.05) is 12.3 Å². The van der Waals surface area contributed by atoms with Crippen LogP contribution in [0.5, 0.6) is 11.5 Å². The number of ether oxygens (including phenoxy) is 1. The van der Waals surface area contributed by atoms with E-state index in [1.807, 2.05) is 70.1 Å². The van der Waals surface area contributed by atoms with Gasteiger partial charge in [0, 0.05) is 36.6 Å². The molecule has 1 amide bonds. The van der Waals surface area contributed by atoms with E-state index < -0.39 is 0 Å². The van der Waals surface area contributed by atoms with E-state index in [4.69, 9.17) is 15.5 Å². The van der Waals surface area contributed by atoms with E-state index in [1.54, 1.807) is 13.1 Å². The zero-order valence-corrected chi connectivity index (χ0v) is 19.2. The van der Waals surface area contributed by atoms with Crippen molar-refractivity contribution in [2.45, 2.75) is 31.5 Å². The van der Waals surface area contributed by atoms with Gasteiger partial charge in [-0.1, -0.05) is 24.1 Å². The molecular formula is C27H24N6O2. The molecule has 2 aliphatic rings. The Morgan fingerprint density at radius 1 is 1.14 bits per heavy atom. The van der Waals surface area contributed by atoms with Crippen LogP contribution in [-0.4, -0.2) is 43.8 Å². The fourth-order valence-electron chi connectivity index (χ4n) is 5.19. The maximum atomic E-state index is 12.9. The Morgan fingerprint density at radius 3 is 2.69 bits per heavy atom. The molecule has 0 spiro atoms. The Hall–Kier alpha value is -4.35. The molecule has 4 heterocycles. The molecule has 2 fully saturated rings. The zero-order valence-electron chi connectivity index (χ0n) is 19.2. The summed E-state index contributed by atoms with van der Waals surface area (Å²) in [6, 6.07) is 17.3. The number of anilines is 1. The van der Waals surface area contributed by atoms with Crippen LogP contribution in [0.25, 0.3) is 16.8 Å². The molecule has 0 aliphatic carbocycles. The highest BCUT2D eigenvalue weighted by atomic mass is 16.5. The maximum Gasteiger partial charge on any atom is 0.299 e. The van der Waals surface area contributed by atoms with Crippen molar-refractivity contribution in [3.63, 3.8) is 0 Å². The quantitative estimate of drug-likeness (QED) is 0.449. The molecular weight excluding hydrogens is 440 g/mol. The number of rotatable bonds is 4. The lowest BCUT2D eigenvalue weighted by molar-refractivity contribution is -0.129. The number of nitrogens with two attached hydrogens (primary N) is 1. The first-order valence-electron chi connectivity index (χ1n) is 11.6. The molecule has 35 heavy (non-hydrogen) atoms. The average molecular weight is 465 g/mol. The standard InChI is InChI=1S/C27H24N6O2/c1-2-6-22(34)33-18-15-21(30-16-18)24(33)27-31-23(25-26(28)29-13-14-32(25)27)17-9-11-20(12-10-17)35-19-7-4-3-5-8-19/h3-5,7-14,18,21,24,30H,15-16H2,1H3,(H2,28,29)/t18?,21-,24?/m0/s1. The molecule has 4 aromatic rings. The lowest BCUT2D eigenvalue weighted by Crippen LogP contribution is -2.49. The monoisotopic (exact) mass is 464 g/mol. The number of likely N-dealkylation sites (tertiary alicyclic amines) is 1. The van der Waals surface area contributed by atoms with Crippen molar-refractivity contribution >= 4 is 17.2 Å². The van der Waals surface area contributed by atoms with E-state index in [0.29, 0.717) is 11.5 Å². The number of piperazine rings is 1. The van der Waals surface area contributed by atoms with Gasteiger partial charge in [0.05, 0.1) is 0 Å². The largest absolute Gasteiger partial charge is 0.457 e. The van der Waals surface area contributed by atoms with E-state index in [0.717, 1.165) is 41.4 Å². The van der Waals surface area contributed by atoms with Crippen molar-refractivity contribution in [1.29, 1.82) is 0 Å². The van der Waals surface area contributed by atoms with Gasteiger partial charge in [0.1, 0.15) is 40.4 Å². The first-order chi connectivity index (χ1) is 17.1. The maximum absolute atomic E-state index is 12.9. The minimum Gasteiger partial charge on any atom is -0.457 e. The zero-order chi connectivity index (χ0) is 23.9. The molecule has 2 bridgehead atoms. The van der Waals surface area contributed by atoms with E-state index in [1.165, 1.54) is 0 Å². The summed E-state index contributed by atoms with van der Waals surface area (Å²) in [5.41, 5.74) is 8.66. The summed E-state index contributed by atoms with van der Waals surface area (Å²) in [5.74, 6) is 7.92. The fraction of sp³-hybridized carbons (Fsp3) is 0.222. The number of hydrogen-bond donors (Lipinski definition) is 2. The number of nitrogen functional groups attached to an aromatic ring is 1. The third kappa shape index (κ3) is 3.57. The number of benzene rings is 2. The smallest absolute Gasteiger partial charge is 0.299 e. The number of hydrogen-bond acceptors (Lipinski definition) is 6. The normalized spacial score (nSPS) is 20.6. The van der Waals surface area contributed by atoms with Gasteiger partial charge in [-0.2, -0.15) is 0 Å². The van der Waals surface area contributed by atoms with E-state index in [2.05, 4.69) is 22.1 Å². The van der Waals surface area contributed by atoms with Crippen LogP contribution in [0.2, 0.25) is 0 Å². The topological polar surface area (TPSA) is 97.8 Å². The molecule has 8 heteroatoms. The number of para-hydroxylation sites is 1. The third-order valence-corrected chi connectivity index (χ3v) is 6.66. The van der Waals surface area contributed by atoms with Crippen LogP contribution in [-0.2, 0) is 4.79 Å². The highest BCUT2D eigenvalue weighted by Crippen LogP contribution is 2.42. The van der Waals surface area contributed by atoms with Gasteiger partial charge in [-0.05, 0) is 55.7 Å². The number of nitrogens with zero attached hydrogens (tertiary/aromatic N) is 4. The fourth-order valence-corrected chi connectivity index (χ4v) is 5.19. The molecule has 6 rings (SSSR count). The highest BCUT2D eigenvalue weighted by molar-refractivity contribution is 5.94. The Morgan fingerprint density at radius 2 is 1.91 bits per heavy atom. The van der Waals surface area contributed by atoms with Crippen LogP contribution in [0.4, 0.5) is 5.82 Å². The van der Waals surface area contributed by atoms with Crippen molar-refractivity contribution in [3.8, 4) is 34.6 Å². The summed E-state index contributed by atoms with van der Waals surface area (Å²) in [6.45, 7) is 2.45. The highest BCUT2D eigenvalue weighted by Gasteiger charge is 2.50. The molecule has 174 valence electrons. The van der Waals surface area contributed by atoms with Gasteiger partial charge in [-0.25, -0.2) is 9.97 Å². The van der Waals surface area contributed by atoms with Gasteiger partial charge in [-0.15, -0.1) is 0 Å². The molecule has 3 atom stereocenters. The number of amides is 1. The first kappa shape index (κ1) is 21.2. The lowest BCUT2D eigenvalue weighted by Gasteiger charge is -2.33. The van der Waals surface area contributed by atoms with Crippen molar-refractivity contribution < 1.29 is 9.53 Å². The Balaban J connectivity index is 1.42. The summed E-state index contributed by atoms with van der Waals surface area (Å²) < 4.78 is 7.89. The number of nitrogens with one attached hydrogen (secondary N) is 1. The number of imidazole rings is 1. The average Bonchev–Trinajstić information content (AvgIpc) is 3.59. The summed E-state index contributed by atoms with van der Waals surface area (Å²) in [7, 11) is 0. The molecule has 2 aromatic heterocycles. The summed E-state index contributed by atoms with van der Waals surface area (Å²) in [6.07, 6.45) is 4.38. The first-order valence-corrected chi connectivity index (χ1v) is 11.6. The molecule has 3 N–H and O–H groups in total. The Labute approximate surface area is 202 Å². The van der Waals surface area contributed by atoms with Gasteiger partial charge in [0.2, 0.25) is 0 Å². The molecule has 2 aliphatic heterocycles. The molecule has 0 saturated carbocycles. The van der Waals surface area contributed by atoms with Crippen LogP contribution >= 0.6 is 0 Å². The van der Waals surface area contributed by atoms with E-state index in [9.17, 15) is 4.79 Å². The van der Waals surface area contributed by atoms with Crippen molar-refractivity contribution in [1.82, 2.24) is 24.6 Å². The van der Waals surface area contributed by atoms with Crippen LogP contribution in [0.1, 0.15) is 25.2 Å². The van der Waals surface area contributed by atoms with Crippen molar-refractivity contribution in [3.05, 3.63) is 72.8 Å². The van der Waals surface area contributed by atoms with E-state index >= 15 is 0 Å². The van der Waals surface area contributed by atoms with Crippen LogP contribution < -0.4 is 15.8 Å². The van der Waals surface area contributed by atoms with Crippen LogP contribution in [0.3, 0.4) is 0 Å². The lowest BCUT2D eigenvalue weighted by atomic mass is 10.1. The SMILES string of the molecule is CC#CC(=O)N1C2CN[C@@H](C2)C1c1nc(-c2ccc(Oc3ccccc3)cc2)c2c(N)nccn12. The Bertz CT molecular complexity index is 1470. The van der Waals surface area contributed by atoms with Gasteiger partial charge in [0.15, 0.2) is 0 Å². The molecule has 2 saturated heterocycles. The summed E-state index contributed by atoms with van der Waals surface area (Å²) in [4.78, 5) is 24.2. The van der Waals surface area contributed by atoms with Crippen molar-refractivity contribution in [2.24, 2.45) is 0 Å². The van der Waals surface area contributed by atoms with Gasteiger partial charge in [0.25, 0.3) is 5.91 Å². The predicted octanol–water partition coefficient (Wildman–Crippen LogP) is 3.41. The summed E-state index contributed by atoms with van der Waals surface area (Å²) in [5, 5.41) is 3.53. The number of aromatic nitrogens is 3. The second-order valence-electron chi connectivity index (χ2n) is 8.73. The predicted molar refractivity (Wildman–Crippen MR) is 133 cm³/mol. The Kier molecular flexibility index (Phi) is 5.12. The number of carbonyl (C=O) groups excluding carboxylic acids is 1. The molecule has 2 aromatic carbocycles. The van der Waals surface area contributed by atoms with Crippen LogP contribution in [0, 0.1) is 11.8 Å². The van der Waals surface area contributed by atoms with E-state index in [-0.39, 0.29) is 24.0 Å². The summed E-state index contributed by atoms with van der Waals surface area (Å²) >= 11 is 0. The molecule has 8 nitrogen and oxygen atoms in total. The van der Waals surface area contributed by atoms with Gasteiger partial charge < -0.3 is 20.7 Å². The number of carbonyl (C=O) groups is 1. The molecule has 2 unspecified atom stereocenters. The minimum atomic E-state index is -0.245.